The molecule has 0 aliphatic rings. The molecule has 50 heavy (non-hydrogen) atoms. The molecule has 1 N–H and O–H groups in total. The second kappa shape index (κ2) is 31.1. The number of hydrogen-bond acceptors (Lipinski definition) is 16. The van der Waals surface area contributed by atoms with Gasteiger partial charge in [-0.05, 0) is 19.1 Å². The van der Waals surface area contributed by atoms with Gasteiger partial charge in [-0.1, -0.05) is 17.7 Å². The van der Waals surface area contributed by atoms with E-state index in [0.29, 0.717) is 106 Å². The predicted molar refractivity (Wildman–Crippen MR) is 175 cm³/mol. The van der Waals surface area contributed by atoms with Crippen LogP contribution in [0.25, 0.3) is 0 Å². The summed E-state index contributed by atoms with van der Waals surface area (Å²) >= 11 is 0. The lowest BCUT2D eigenvalue weighted by molar-refractivity contribution is -0.151. The Hall–Kier alpha value is -2.62. The molecule has 0 saturated heterocycles. The maximum atomic E-state index is 12.1. The normalized spacial score (nSPS) is 11.5. The van der Waals surface area contributed by atoms with E-state index in [1.54, 1.807) is 12.1 Å². The molecule has 0 bridgehead atoms. The lowest BCUT2D eigenvalue weighted by Crippen LogP contribution is -2.17. The van der Waals surface area contributed by atoms with Crippen LogP contribution in [-0.2, 0) is 76.1 Å². The SMILES string of the molecule is Cc1ccc(S(=O)(=O)OCCOCCOCCOCCOCCOCCOCCOCCOCCOCCOC(=O)CCC(=O)C(=O)O)cc1. The van der Waals surface area contributed by atoms with Crippen LogP contribution < -0.4 is 0 Å². The van der Waals surface area contributed by atoms with Gasteiger partial charge in [-0.3, -0.25) is 13.8 Å². The molecule has 1 aromatic carbocycles. The third-order valence-corrected chi connectivity index (χ3v) is 7.36. The molecule has 0 aliphatic heterocycles. The number of aryl methyl sites for hydroxylation is 1. The summed E-state index contributed by atoms with van der Waals surface area (Å²) in [4.78, 5) is 32.8. The van der Waals surface area contributed by atoms with Gasteiger partial charge >= 0.3 is 11.9 Å². The van der Waals surface area contributed by atoms with E-state index in [9.17, 15) is 22.8 Å². The third kappa shape index (κ3) is 27.1. The Morgan fingerprint density at radius 3 is 1.16 bits per heavy atom. The first kappa shape index (κ1) is 45.4. The van der Waals surface area contributed by atoms with Crippen LogP contribution in [0.3, 0.4) is 0 Å². The van der Waals surface area contributed by atoms with Gasteiger partial charge in [0.15, 0.2) is 0 Å². The number of benzene rings is 1. The fourth-order valence-electron chi connectivity index (χ4n) is 3.45. The van der Waals surface area contributed by atoms with Crippen LogP contribution in [0.15, 0.2) is 29.2 Å². The van der Waals surface area contributed by atoms with Crippen molar-refractivity contribution in [1.29, 1.82) is 0 Å². The van der Waals surface area contributed by atoms with E-state index in [2.05, 4.69) is 0 Å². The number of aliphatic carboxylic acids is 1. The van der Waals surface area contributed by atoms with Gasteiger partial charge in [0.25, 0.3) is 10.1 Å². The highest BCUT2D eigenvalue weighted by molar-refractivity contribution is 7.86. The minimum Gasteiger partial charge on any atom is -0.476 e. The Morgan fingerprint density at radius 2 is 0.820 bits per heavy atom. The van der Waals surface area contributed by atoms with Crippen molar-refractivity contribution >= 4 is 27.8 Å². The summed E-state index contributed by atoms with van der Waals surface area (Å²) in [6, 6.07) is 6.44. The number of rotatable bonds is 36. The first-order valence-corrected chi connectivity index (χ1v) is 17.7. The van der Waals surface area contributed by atoms with Crippen LogP contribution in [-0.4, -0.2) is 163 Å². The van der Waals surface area contributed by atoms with Gasteiger partial charge in [-0.15, -0.1) is 0 Å². The van der Waals surface area contributed by atoms with E-state index in [0.717, 1.165) is 5.56 Å². The second-order valence-electron chi connectivity index (χ2n) is 10.0. The maximum Gasteiger partial charge on any atom is 0.372 e. The molecule has 1 aromatic rings. The molecule has 17 nitrogen and oxygen atoms in total. The van der Waals surface area contributed by atoms with Gasteiger partial charge < -0.3 is 52.5 Å². The molecule has 0 atom stereocenters. The second-order valence-corrected chi connectivity index (χ2v) is 11.7. The first-order valence-electron chi connectivity index (χ1n) is 16.3. The van der Waals surface area contributed by atoms with Crippen LogP contribution in [0, 0.1) is 6.92 Å². The Balaban J connectivity index is 1.70. The number of carboxylic acids is 1. The monoisotopic (exact) mass is 740 g/mol. The van der Waals surface area contributed by atoms with Gasteiger partial charge in [0, 0.05) is 6.42 Å². The molecule has 0 radical (unpaired) electrons. The molecule has 0 saturated carbocycles. The van der Waals surface area contributed by atoms with E-state index < -0.39 is 34.3 Å². The van der Waals surface area contributed by atoms with E-state index >= 15 is 0 Å². The molecule has 0 heterocycles. The quantitative estimate of drug-likeness (QED) is 0.0437. The maximum absolute atomic E-state index is 12.1. The fraction of sp³-hybridized carbons (Fsp3) is 0.719. The minimum atomic E-state index is -3.79. The van der Waals surface area contributed by atoms with E-state index in [4.69, 9.17) is 56.7 Å². The highest BCUT2D eigenvalue weighted by atomic mass is 32.2. The zero-order valence-corrected chi connectivity index (χ0v) is 29.6. The Morgan fingerprint density at radius 1 is 0.500 bits per heavy atom. The number of carboxylic acid groups (broad SMARTS) is 1. The molecule has 0 aliphatic carbocycles. The Kier molecular flexibility index (Phi) is 28.3. The number of hydrogen-bond donors (Lipinski definition) is 1. The zero-order chi connectivity index (χ0) is 36.5. The number of Topliss-reactive ketones (excluding diaryl/α,β-unsaturated/α-hetero) is 1. The highest BCUT2D eigenvalue weighted by Gasteiger charge is 2.15. The van der Waals surface area contributed by atoms with Crippen LogP contribution in [0.2, 0.25) is 0 Å². The van der Waals surface area contributed by atoms with Gasteiger partial charge in [-0.25, -0.2) is 4.79 Å². The summed E-state index contributed by atoms with van der Waals surface area (Å²) in [6.07, 6.45) is -0.675. The van der Waals surface area contributed by atoms with Crippen LogP contribution >= 0.6 is 0 Å². The largest absolute Gasteiger partial charge is 0.476 e. The topological polar surface area (TPSA) is 207 Å². The summed E-state index contributed by atoms with van der Waals surface area (Å²) < 4.78 is 82.4. The van der Waals surface area contributed by atoms with Gasteiger partial charge in [0.05, 0.1) is 137 Å². The van der Waals surface area contributed by atoms with E-state index in [1.807, 2.05) is 6.92 Å². The molecule has 0 amide bonds. The molecule has 18 heteroatoms. The molecule has 288 valence electrons. The third-order valence-electron chi connectivity index (χ3n) is 6.04. The van der Waals surface area contributed by atoms with Crippen molar-refractivity contribution in [2.75, 3.05) is 132 Å². The summed E-state index contributed by atoms with van der Waals surface area (Å²) in [6.45, 7) is 8.47. The summed E-state index contributed by atoms with van der Waals surface area (Å²) in [5, 5.41) is 8.44. The minimum absolute atomic E-state index is 0.00421. The lowest BCUT2D eigenvalue weighted by Gasteiger charge is -2.09. The van der Waals surface area contributed by atoms with Crippen LogP contribution in [0.1, 0.15) is 18.4 Å². The van der Waals surface area contributed by atoms with Crippen LogP contribution in [0.4, 0.5) is 0 Å². The van der Waals surface area contributed by atoms with Crippen molar-refractivity contribution in [2.45, 2.75) is 24.7 Å². The number of carbonyl (C=O) groups excluding carboxylic acids is 2. The average molecular weight is 741 g/mol. The summed E-state index contributed by atoms with van der Waals surface area (Å²) in [5.41, 5.74) is 0.964. The number of ketones is 1. The molecule has 0 fully saturated rings. The predicted octanol–water partition coefficient (Wildman–Crippen LogP) is 0.827. The smallest absolute Gasteiger partial charge is 0.372 e. The summed E-state index contributed by atoms with van der Waals surface area (Å²) in [5.74, 6) is -3.26. The van der Waals surface area contributed by atoms with Crippen molar-refractivity contribution in [3.05, 3.63) is 29.8 Å². The van der Waals surface area contributed by atoms with Crippen molar-refractivity contribution in [2.24, 2.45) is 0 Å². The zero-order valence-electron chi connectivity index (χ0n) is 28.8. The van der Waals surface area contributed by atoms with Crippen molar-refractivity contribution in [3.63, 3.8) is 0 Å². The van der Waals surface area contributed by atoms with E-state index in [-0.39, 0.29) is 37.7 Å². The average Bonchev–Trinajstić information content (AvgIpc) is 3.09. The van der Waals surface area contributed by atoms with Gasteiger partial charge in [0.1, 0.15) is 6.61 Å². The van der Waals surface area contributed by atoms with E-state index in [1.165, 1.54) is 12.1 Å². The van der Waals surface area contributed by atoms with Crippen molar-refractivity contribution < 1.29 is 79.5 Å². The molecular weight excluding hydrogens is 688 g/mol. The standard InChI is InChI=1S/C32H52O17S/c1-28-2-4-29(5-3-28)50(37,38)49-27-25-47-23-21-45-19-17-43-15-13-41-11-9-39-8-10-40-12-14-42-16-18-44-20-22-46-24-26-48-31(34)7-6-30(33)32(35)36/h2-5H,6-27H2,1H3,(H,35,36). The number of ether oxygens (including phenoxy) is 10. The van der Waals surface area contributed by atoms with Crippen LogP contribution in [0.5, 0.6) is 0 Å². The highest BCUT2D eigenvalue weighted by Crippen LogP contribution is 2.12. The van der Waals surface area contributed by atoms with Crippen molar-refractivity contribution in [1.82, 2.24) is 0 Å². The number of esters is 1. The Bertz CT molecular complexity index is 1110. The number of carbonyl (C=O) groups is 3. The van der Waals surface area contributed by atoms with Gasteiger partial charge in [-0.2, -0.15) is 8.42 Å². The fourth-order valence-corrected chi connectivity index (χ4v) is 4.34. The molecule has 0 spiro atoms. The molecule has 1 rings (SSSR count). The molecular formula is C32H52O17S. The Labute approximate surface area is 293 Å². The molecule has 0 aromatic heterocycles. The summed E-state index contributed by atoms with van der Waals surface area (Å²) in [7, 11) is -3.79. The molecule has 0 unspecified atom stereocenters. The van der Waals surface area contributed by atoms with Gasteiger partial charge in [0.2, 0.25) is 5.78 Å². The van der Waals surface area contributed by atoms with Crippen molar-refractivity contribution in [3.8, 4) is 0 Å². The first-order chi connectivity index (χ1) is 24.2. The lowest BCUT2D eigenvalue weighted by atomic mass is 10.2.